The maximum Gasteiger partial charge on any atom is 0.416 e. The molecule has 0 aliphatic rings. The maximum absolute atomic E-state index is 12.6. The molecule has 0 saturated carbocycles. The third kappa shape index (κ3) is 4.74. The fraction of sp³-hybridized carbons (Fsp3) is 0.182. The molecule has 2 heterocycles. The first-order valence-corrected chi connectivity index (χ1v) is 10.0. The maximum atomic E-state index is 12.6. The Bertz CT molecular complexity index is 1100. The summed E-state index contributed by atoms with van der Waals surface area (Å²) in [6.07, 6.45) is 2.71. The number of rotatable bonds is 6. The third-order valence-corrected chi connectivity index (χ3v) is 5.63. The van der Waals surface area contributed by atoms with Crippen molar-refractivity contribution in [1.29, 1.82) is 0 Å². The Balaban J connectivity index is 1.31. The normalized spacial score (nSPS) is 11.7. The van der Waals surface area contributed by atoms with E-state index >= 15 is 0 Å². The molecular formula is C22H18F3N3S. The highest BCUT2D eigenvalue weighted by molar-refractivity contribution is 7.18. The minimum atomic E-state index is -4.29. The number of hydrogen-bond donors (Lipinski definition) is 1. The van der Waals surface area contributed by atoms with Gasteiger partial charge in [-0.1, -0.05) is 35.6 Å². The van der Waals surface area contributed by atoms with Gasteiger partial charge in [0.1, 0.15) is 0 Å². The van der Waals surface area contributed by atoms with Gasteiger partial charge in [0.25, 0.3) is 0 Å². The highest BCUT2D eigenvalue weighted by atomic mass is 32.1. The van der Waals surface area contributed by atoms with Crippen LogP contribution in [0.15, 0.2) is 67.1 Å². The second kappa shape index (κ2) is 8.21. The molecule has 0 spiro atoms. The highest BCUT2D eigenvalue weighted by Crippen LogP contribution is 2.31. The van der Waals surface area contributed by atoms with Crippen LogP contribution < -0.4 is 5.32 Å². The topological polar surface area (TPSA) is 37.8 Å². The van der Waals surface area contributed by atoms with Crippen LogP contribution in [0.5, 0.6) is 0 Å². The second-order valence-corrected chi connectivity index (χ2v) is 7.72. The van der Waals surface area contributed by atoms with Crippen LogP contribution >= 0.6 is 11.3 Å². The second-order valence-electron chi connectivity index (χ2n) is 6.69. The SMILES string of the molecule is FC(F)(F)c1ccc(CCCNc2ncc(-c3ccc4cnccc4c3)s2)cc1. The van der Waals surface area contributed by atoms with Gasteiger partial charge in [-0.2, -0.15) is 13.2 Å². The van der Waals surface area contributed by atoms with E-state index in [4.69, 9.17) is 0 Å². The van der Waals surface area contributed by atoms with E-state index < -0.39 is 11.7 Å². The lowest BCUT2D eigenvalue weighted by molar-refractivity contribution is -0.137. The number of hydrogen-bond acceptors (Lipinski definition) is 4. The molecule has 2 aromatic carbocycles. The van der Waals surface area contributed by atoms with E-state index in [-0.39, 0.29) is 0 Å². The molecule has 29 heavy (non-hydrogen) atoms. The summed E-state index contributed by atoms with van der Waals surface area (Å²) in [5.41, 5.74) is 1.39. The van der Waals surface area contributed by atoms with Crippen LogP contribution in [0.25, 0.3) is 21.2 Å². The zero-order valence-corrected chi connectivity index (χ0v) is 16.2. The molecule has 0 unspecified atom stereocenters. The van der Waals surface area contributed by atoms with Crippen molar-refractivity contribution in [3.8, 4) is 10.4 Å². The average Bonchev–Trinajstić information content (AvgIpc) is 3.19. The van der Waals surface area contributed by atoms with E-state index in [2.05, 4.69) is 33.5 Å². The lowest BCUT2D eigenvalue weighted by Crippen LogP contribution is -2.05. The molecule has 0 fully saturated rings. The summed E-state index contributed by atoms with van der Waals surface area (Å²) >= 11 is 1.58. The predicted octanol–water partition coefficient (Wildman–Crippen LogP) is 6.42. The number of aromatic nitrogens is 2. The minimum absolute atomic E-state index is 0.611. The van der Waals surface area contributed by atoms with Crippen molar-refractivity contribution in [3.05, 3.63) is 78.2 Å². The van der Waals surface area contributed by atoms with Crippen LogP contribution in [-0.2, 0) is 12.6 Å². The Hall–Kier alpha value is -2.93. The van der Waals surface area contributed by atoms with Gasteiger partial charge in [0.05, 0.1) is 10.4 Å². The van der Waals surface area contributed by atoms with Gasteiger partial charge < -0.3 is 5.32 Å². The smallest absolute Gasteiger partial charge is 0.361 e. The van der Waals surface area contributed by atoms with Gasteiger partial charge in [-0.3, -0.25) is 4.98 Å². The molecule has 0 radical (unpaired) electrons. The molecule has 1 N–H and O–H groups in total. The van der Waals surface area contributed by atoms with Crippen molar-refractivity contribution in [1.82, 2.24) is 9.97 Å². The molecule has 0 aliphatic carbocycles. The number of benzene rings is 2. The average molecular weight is 413 g/mol. The van der Waals surface area contributed by atoms with Crippen LogP contribution in [0, 0.1) is 0 Å². The Labute approximate surface area is 170 Å². The lowest BCUT2D eigenvalue weighted by atomic mass is 10.1. The van der Waals surface area contributed by atoms with Crippen molar-refractivity contribution in [2.75, 3.05) is 11.9 Å². The molecule has 2 aromatic heterocycles. The fourth-order valence-corrected chi connectivity index (χ4v) is 3.91. The van der Waals surface area contributed by atoms with Crippen LogP contribution in [-0.4, -0.2) is 16.5 Å². The van der Waals surface area contributed by atoms with E-state index in [1.165, 1.54) is 0 Å². The Morgan fingerprint density at radius 1 is 0.931 bits per heavy atom. The van der Waals surface area contributed by atoms with E-state index in [0.717, 1.165) is 50.5 Å². The number of nitrogens with zero attached hydrogens (tertiary/aromatic N) is 2. The molecule has 4 aromatic rings. The monoisotopic (exact) mass is 413 g/mol. The number of fused-ring (bicyclic) bond motifs is 1. The zero-order chi connectivity index (χ0) is 20.3. The number of alkyl halides is 3. The summed E-state index contributed by atoms with van der Waals surface area (Å²) in [6, 6.07) is 13.6. The largest absolute Gasteiger partial charge is 0.416 e. The van der Waals surface area contributed by atoms with Crippen LogP contribution in [0.1, 0.15) is 17.5 Å². The number of nitrogens with one attached hydrogen (secondary N) is 1. The number of pyridine rings is 1. The molecule has 0 atom stereocenters. The van der Waals surface area contributed by atoms with Crippen LogP contribution in [0.2, 0.25) is 0 Å². The lowest BCUT2D eigenvalue weighted by Gasteiger charge is -2.07. The van der Waals surface area contributed by atoms with E-state index in [9.17, 15) is 13.2 Å². The molecule has 3 nitrogen and oxygen atoms in total. The molecule has 0 amide bonds. The van der Waals surface area contributed by atoms with E-state index in [0.29, 0.717) is 13.0 Å². The fourth-order valence-electron chi connectivity index (χ4n) is 3.07. The number of thiazole rings is 1. The van der Waals surface area contributed by atoms with Crippen molar-refractivity contribution in [2.45, 2.75) is 19.0 Å². The van der Waals surface area contributed by atoms with Gasteiger partial charge in [-0.15, -0.1) is 0 Å². The summed E-state index contributed by atoms with van der Waals surface area (Å²) in [5, 5.41) is 6.37. The van der Waals surface area contributed by atoms with E-state index in [1.807, 2.05) is 18.5 Å². The Kier molecular flexibility index (Phi) is 5.49. The summed E-state index contributed by atoms with van der Waals surface area (Å²) in [6.45, 7) is 0.706. The number of halogens is 3. The van der Waals surface area contributed by atoms with Gasteiger partial charge in [0.2, 0.25) is 0 Å². The quantitative estimate of drug-likeness (QED) is 0.371. The first kappa shape index (κ1) is 19.4. The number of aryl methyl sites for hydroxylation is 1. The molecule has 148 valence electrons. The van der Waals surface area contributed by atoms with Gasteiger partial charge >= 0.3 is 6.18 Å². The zero-order valence-electron chi connectivity index (χ0n) is 15.4. The van der Waals surface area contributed by atoms with Gasteiger partial charge in [0.15, 0.2) is 5.13 Å². The standard InChI is InChI=1S/C22H18F3N3S/c23-22(24,25)19-7-3-15(4-8-19)2-1-10-27-21-28-14-20(29-21)17-5-6-18-13-26-11-9-16(18)12-17/h3-9,11-14H,1-2,10H2,(H,27,28). The first-order chi connectivity index (χ1) is 14.0. The van der Waals surface area contributed by atoms with Crippen molar-refractivity contribution >= 4 is 27.2 Å². The van der Waals surface area contributed by atoms with Crippen molar-refractivity contribution in [3.63, 3.8) is 0 Å². The van der Waals surface area contributed by atoms with E-state index in [1.54, 1.807) is 29.7 Å². The van der Waals surface area contributed by atoms with Gasteiger partial charge in [-0.05, 0) is 53.6 Å². The van der Waals surface area contributed by atoms with Crippen molar-refractivity contribution < 1.29 is 13.2 Å². The first-order valence-electron chi connectivity index (χ1n) is 9.19. The summed E-state index contributed by atoms with van der Waals surface area (Å²) < 4.78 is 37.8. The molecule has 0 saturated heterocycles. The predicted molar refractivity (Wildman–Crippen MR) is 111 cm³/mol. The minimum Gasteiger partial charge on any atom is -0.361 e. The summed E-state index contributed by atoms with van der Waals surface area (Å²) in [4.78, 5) is 9.63. The molecular weight excluding hydrogens is 395 g/mol. The van der Waals surface area contributed by atoms with Crippen LogP contribution in [0.4, 0.5) is 18.3 Å². The summed E-state index contributed by atoms with van der Waals surface area (Å²) in [5.74, 6) is 0. The summed E-state index contributed by atoms with van der Waals surface area (Å²) in [7, 11) is 0. The number of anilines is 1. The van der Waals surface area contributed by atoms with Gasteiger partial charge in [0, 0.05) is 30.5 Å². The third-order valence-electron chi connectivity index (χ3n) is 4.63. The highest BCUT2D eigenvalue weighted by Gasteiger charge is 2.29. The van der Waals surface area contributed by atoms with Crippen molar-refractivity contribution in [2.24, 2.45) is 0 Å². The Morgan fingerprint density at radius 2 is 1.76 bits per heavy atom. The van der Waals surface area contributed by atoms with Crippen LogP contribution in [0.3, 0.4) is 0 Å². The molecule has 7 heteroatoms. The Morgan fingerprint density at radius 3 is 2.55 bits per heavy atom. The van der Waals surface area contributed by atoms with Gasteiger partial charge in [-0.25, -0.2) is 4.98 Å². The molecule has 4 rings (SSSR count). The molecule has 0 aliphatic heterocycles. The molecule has 0 bridgehead atoms.